The molecule has 3 fully saturated rings. The second-order valence-electron chi connectivity index (χ2n) is 11.5. The minimum Gasteiger partial charge on any atom is -0.504 e. The van der Waals surface area contributed by atoms with Gasteiger partial charge in [-0.3, -0.25) is 4.90 Å². The van der Waals surface area contributed by atoms with E-state index in [2.05, 4.69) is 4.90 Å². The Labute approximate surface area is 211 Å². The third kappa shape index (κ3) is 3.02. The number of aromatic hydroxyl groups is 1. The summed E-state index contributed by atoms with van der Waals surface area (Å²) in [7, 11) is 1.77. The van der Waals surface area contributed by atoms with Gasteiger partial charge < -0.3 is 24.6 Å². The number of rotatable bonds is 5. The van der Waals surface area contributed by atoms with Crippen molar-refractivity contribution in [3.8, 4) is 11.5 Å². The fourth-order valence-electron chi connectivity index (χ4n) is 7.81. The van der Waals surface area contributed by atoms with Crippen molar-refractivity contribution in [3.05, 3.63) is 59.2 Å². The first kappa shape index (κ1) is 22.4. The minimum absolute atomic E-state index is 0.0252. The predicted octanol–water partition coefficient (Wildman–Crippen LogP) is 3.59. The van der Waals surface area contributed by atoms with Crippen LogP contribution in [0.15, 0.2) is 42.5 Å². The molecule has 0 unspecified atom stereocenters. The van der Waals surface area contributed by atoms with E-state index in [1.807, 2.05) is 36.4 Å². The molecule has 3 aliphatic carbocycles. The van der Waals surface area contributed by atoms with E-state index in [4.69, 9.17) is 9.47 Å². The number of likely N-dealkylation sites (tertiary alicyclic amines) is 1. The Morgan fingerprint density at radius 2 is 1.97 bits per heavy atom. The molecule has 0 aromatic heterocycles. The summed E-state index contributed by atoms with van der Waals surface area (Å²) in [5, 5.41) is 23.4. The average molecular weight is 491 g/mol. The molecule has 2 aliphatic heterocycles. The van der Waals surface area contributed by atoms with E-state index in [0.717, 1.165) is 48.5 Å². The van der Waals surface area contributed by atoms with Gasteiger partial charge in [0.05, 0.1) is 17.1 Å². The molecule has 0 radical (unpaired) electrons. The average Bonchev–Trinajstić information content (AvgIpc) is 3.63. The van der Waals surface area contributed by atoms with Crippen molar-refractivity contribution in [1.29, 1.82) is 0 Å². The summed E-state index contributed by atoms with van der Waals surface area (Å²) >= 11 is 0. The number of phenols is 1. The maximum Gasteiger partial charge on any atom is 0.410 e. The summed E-state index contributed by atoms with van der Waals surface area (Å²) < 4.78 is 12.2. The van der Waals surface area contributed by atoms with Gasteiger partial charge in [0, 0.05) is 25.2 Å². The Balaban J connectivity index is 1.23. The number of piperidine rings is 1. The molecule has 1 amide bonds. The highest BCUT2D eigenvalue weighted by Gasteiger charge is 2.73. The van der Waals surface area contributed by atoms with E-state index < -0.39 is 23.2 Å². The second kappa shape index (κ2) is 7.86. The molecular formula is C29H34N2O5. The lowest BCUT2D eigenvalue weighted by Gasteiger charge is -2.64. The van der Waals surface area contributed by atoms with Crippen molar-refractivity contribution >= 4 is 6.09 Å². The highest BCUT2D eigenvalue weighted by Crippen LogP contribution is 2.66. The molecule has 2 bridgehead atoms. The molecule has 2 aromatic carbocycles. The van der Waals surface area contributed by atoms with Gasteiger partial charge in [-0.1, -0.05) is 36.4 Å². The van der Waals surface area contributed by atoms with Gasteiger partial charge in [-0.05, 0) is 68.2 Å². The predicted molar refractivity (Wildman–Crippen MR) is 133 cm³/mol. The first-order valence-corrected chi connectivity index (χ1v) is 13.3. The monoisotopic (exact) mass is 490 g/mol. The van der Waals surface area contributed by atoms with Gasteiger partial charge in [-0.25, -0.2) is 4.79 Å². The van der Waals surface area contributed by atoms with Crippen molar-refractivity contribution in [2.75, 3.05) is 20.1 Å². The van der Waals surface area contributed by atoms with Crippen molar-refractivity contribution in [1.82, 2.24) is 9.80 Å². The number of ether oxygens (including phenoxy) is 2. The lowest BCUT2D eigenvalue weighted by atomic mass is 9.48. The number of carbonyl (C=O) groups excluding carboxylic acids is 1. The summed E-state index contributed by atoms with van der Waals surface area (Å²) in [6, 6.07) is 13.2. The van der Waals surface area contributed by atoms with E-state index >= 15 is 0 Å². The van der Waals surface area contributed by atoms with E-state index in [-0.39, 0.29) is 24.4 Å². The van der Waals surface area contributed by atoms with Gasteiger partial charge in [0.2, 0.25) is 0 Å². The van der Waals surface area contributed by atoms with Crippen molar-refractivity contribution in [2.45, 2.75) is 74.3 Å². The smallest absolute Gasteiger partial charge is 0.410 e. The fraction of sp³-hybridized carbons (Fsp3) is 0.552. The third-order valence-electron chi connectivity index (χ3n) is 9.72. The lowest BCUT2D eigenvalue weighted by molar-refractivity contribution is -0.198. The van der Waals surface area contributed by atoms with Crippen molar-refractivity contribution in [2.24, 2.45) is 5.92 Å². The quantitative estimate of drug-likeness (QED) is 0.667. The van der Waals surface area contributed by atoms with Crippen LogP contribution >= 0.6 is 0 Å². The summed E-state index contributed by atoms with van der Waals surface area (Å²) in [6.45, 7) is 2.15. The van der Waals surface area contributed by atoms with Crippen LogP contribution in [0.3, 0.4) is 0 Å². The molecule has 2 saturated carbocycles. The zero-order valence-corrected chi connectivity index (χ0v) is 20.7. The van der Waals surface area contributed by atoms with E-state index in [1.54, 1.807) is 18.0 Å². The zero-order valence-electron chi connectivity index (χ0n) is 20.7. The number of benzene rings is 2. The normalized spacial score (nSPS) is 34.0. The van der Waals surface area contributed by atoms with Crippen LogP contribution in [-0.2, 0) is 23.2 Å². The first-order chi connectivity index (χ1) is 17.4. The standard InChI is InChI=1S/C29H34N2O5/c1-30(27(33)35-17-19-5-3-2-4-6-19)21-11-12-29(34)23-15-20-9-10-22(32)25-24(20)28(29,26(21)36-25)13-14-31(23)16-18-7-8-18/h2-6,9-10,18,21,23,26,32,34H,7-8,11-17H2,1H3/t21-,23+,26-,28-,29+/m0/s1. The number of nitrogens with zero attached hydrogens (tertiary/aromatic N) is 2. The Bertz CT molecular complexity index is 1200. The summed E-state index contributed by atoms with van der Waals surface area (Å²) in [5.74, 6) is 1.37. The van der Waals surface area contributed by atoms with Gasteiger partial charge >= 0.3 is 6.09 Å². The first-order valence-electron chi connectivity index (χ1n) is 13.3. The van der Waals surface area contributed by atoms with Gasteiger partial charge in [-0.15, -0.1) is 0 Å². The van der Waals surface area contributed by atoms with Crippen molar-refractivity contribution < 1.29 is 24.5 Å². The van der Waals surface area contributed by atoms with Gasteiger partial charge in [0.1, 0.15) is 12.7 Å². The van der Waals surface area contributed by atoms with Crippen LogP contribution in [0.1, 0.15) is 48.8 Å². The van der Waals surface area contributed by atoms with Crippen LogP contribution < -0.4 is 4.74 Å². The van der Waals surface area contributed by atoms with Gasteiger partial charge in [0.15, 0.2) is 11.5 Å². The maximum absolute atomic E-state index is 13.2. The number of hydrogen-bond acceptors (Lipinski definition) is 6. The summed E-state index contributed by atoms with van der Waals surface area (Å²) in [4.78, 5) is 17.3. The molecule has 2 N–H and O–H groups in total. The van der Waals surface area contributed by atoms with Gasteiger partial charge in [0.25, 0.3) is 0 Å². The molecule has 36 heavy (non-hydrogen) atoms. The number of amides is 1. The molecule has 2 heterocycles. The van der Waals surface area contributed by atoms with Crippen LogP contribution in [0, 0.1) is 5.92 Å². The Hall–Kier alpha value is -2.77. The van der Waals surface area contributed by atoms with Crippen molar-refractivity contribution in [3.63, 3.8) is 0 Å². The Morgan fingerprint density at radius 3 is 2.75 bits per heavy atom. The van der Waals surface area contributed by atoms with E-state index in [0.29, 0.717) is 18.6 Å². The van der Waals surface area contributed by atoms with Crippen LogP contribution in [-0.4, -0.2) is 70.0 Å². The largest absolute Gasteiger partial charge is 0.504 e. The SMILES string of the molecule is CN(C(=O)OCc1ccccc1)[C@H]1CC[C@@]2(O)[C@H]3Cc4ccc(O)c5c4[C@@]2(CCN3CC2CC2)[C@H]1O5. The molecule has 190 valence electrons. The highest BCUT2D eigenvalue weighted by atomic mass is 16.6. The Morgan fingerprint density at radius 1 is 1.17 bits per heavy atom. The number of aliphatic hydroxyl groups is 1. The van der Waals surface area contributed by atoms with Crippen LogP contribution in [0.4, 0.5) is 4.79 Å². The van der Waals surface area contributed by atoms with Gasteiger partial charge in [-0.2, -0.15) is 0 Å². The maximum atomic E-state index is 13.2. The molecule has 5 atom stereocenters. The third-order valence-corrected chi connectivity index (χ3v) is 9.72. The number of carbonyl (C=O) groups is 1. The van der Waals surface area contributed by atoms with Crippen LogP contribution in [0.2, 0.25) is 0 Å². The van der Waals surface area contributed by atoms with E-state index in [9.17, 15) is 15.0 Å². The molecule has 1 spiro atoms. The number of phenolic OH excluding ortho intramolecular Hbond substituents is 1. The van der Waals surface area contributed by atoms with Crippen LogP contribution in [0.5, 0.6) is 11.5 Å². The number of likely N-dealkylation sites (N-methyl/N-ethyl adjacent to an activating group) is 1. The van der Waals surface area contributed by atoms with Crippen LogP contribution in [0.25, 0.3) is 0 Å². The molecule has 5 aliphatic rings. The Kier molecular flexibility index (Phi) is 4.90. The number of hydrogen-bond donors (Lipinski definition) is 2. The minimum atomic E-state index is -0.956. The molecule has 7 rings (SSSR count). The molecule has 7 nitrogen and oxygen atoms in total. The molecule has 2 aromatic rings. The van der Waals surface area contributed by atoms with E-state index in [1.165, 1.54) is 12.8 Å². The highest BCUT2D eigenvalue weighted by molar-refractivity contribution is 5.69. The topological polar surface area (TPSA) is 82.5 Å². The fourth-order valence-corrected chi connectivity index (χ4v) is 7.81. The molecule has 7 heteroatoms. The molecular weight excluding hydrogens is 456 g/mol. The summed E-state index contributed by atoms with van der Waals surface area (Å²) in [5.41, 5.74) is 1.48. The second-order valence-corrected chi connectivity index (χ2v) is 11.5. The zero-order chi connectivity index (χ0) is 24.7. The lowest BCUT2D eigenvalue weighted by Crippen LogP contribution is -2.78. The summed E-state index contributed by atoms with van der Waals surface area (Å²) in [6.07, 6.45) is 4.47. The molecule has 1 saturated heterocycles.